The maximum atomic E-state index is 12.9. The summed E-state index contributed by atoms with van der Waals surface area (Å²) in [7, 11) is 0. The Kier molecular flexibility index (Phi) is 4.17. The van der Waals surface area contributed by atoms with E-state index in [4.69, 9.17) is 0 Å². The Morgan fingerprint density at radius 3 is 2.67 bits per heavy atom. The number of halogens is 2. The van der Waals surface area contributed by atoms with Crippen molar-refractivity contribution in [3.8, 4) is 0 Å². The third-order valence-corrected chi connectivity index (χ3v) is 3.70. The number of cyclic esters (lactones) is 1. The molecule has 2 fully saturated rings. The van der Waals surface area contributed by atoms with Crippen LogP contribution in [0.1, 0.15) is 32.1 Å². The topological polar surface area (TPSA) is 58.6 Å². The van der Waals surface area contributed by atoms with Crippen molar-refractivity contribution >= 4 is 5.97 Å². The predicted molar refractivity (Wildman–Crippen MR) is 60.3 cm³/mol. The van der Waals surface area contributed by atoms with Crippen LogP contribution in [-0.4, -0.2) is 42.3 Å². The Morgan fingerprint density at radius 1 is 1.33 bits per heavy atom. The number of aliphatic hydroxyl groups excluding tert-OH is 1. The molecule has 2 N–H and O–H groups in total. The molecule has 104 valence electrons. The predicted octanol–water partition coefficient (Wildman–Crippen LogP) is 1.08. The number of nitrogens with one attached hydrogen (secondary N) is 1. The van der Waals surface area contributed by atoms with Gasteiger partial charge in [0.05, 0.1) is 12.5 Å². The summed E-state index contributed by atoms with van der Waals surface area (Å²) in [6.45, 7) is 0.811. The lowest BCUT2D eigenvalue weighted by molar-refractivity contribution is -0.159. The van der Waals surface area contributed by atoms with Gasteiger partial charge in [-0.25, -0.2) is 4.79 Å². The highest BCUT2D eigenvalue weighted by Crippen LogP contribution is 2.30. The van der Waals surface area contributed by atoms with E-state index in [2.05, 4.69) is 10.1 Å². The van der Waals surface area contributed by atoms with E-state index >= 15 is 0 Å². The molecule has 1 aliphatic heterocycles. The van der Waals surface area contributed by atoms with Crippen molar-refractivity contribution in [1.29, 1.82) is 0 Å². The number of ether oxygens (including phenoxy) is 1. The van der Waals surface area contributed by atoms with Crippen LogP contribution in [0.5, 0.6) is 0 Å². The standard InChI is InChI=1S/C12H19F2NO3/c13-12(14)5-9(18-11(12)17)7-15-6-8-3-1-2-4-10(8)16/h8-10,15-16H,1-7H2. The molecular formula is C12H19F2NO3. The molecule has 3 unspecified atom stereocenters. The van der Waals surface area contributed by atoms with Crippen molar-refractivity contribution < 1.29 is 23.4 Å². The van der Waals surface area contributed by atoms with Crippen LogP contribution in [0.25, 0.3) is 0 Å². The van der Waals surface area contributed by atoms with Gasteiger partial charge in [0.2, 0.25) is 0 Å². The normalized spacial score (nSPS) is 35.5. The molecule has 2 aliphatic rings. The zero-order chi connectivity index (χ0) is 13.2. The van der Waals surface area contributed by atoms with Crippen LogP contribution in [0, 0.1) is 5.92 Å². The van der Waals surface area contributed by atoms with Gasteiger partial charge in [-0.15, -0.1) is 0 Å². The summed E-state index contributed by atoms with van der Waals surface area (Å²) in [6.07, 6.45) is 2.29. The molecule has 6 heteroatoms. The number of hydrogen-bond acceptors (Lipinski definition) is 4. The van der Waals surface area contributed by atoms with Gasteiger partial charge in [-0.1, -0.05) is 12.8 Å². The first kappa shape index (κ1) is 13.7. The molecule has 0 bridgehead atoms. The fourth-order valence-corrected chi connectivity index (χ4v) is 2.62. The number of carbonyl (C=O) groups excluding carboxylic acids is 1. The number of carbonyl (C=O) groups is 1. The van der Waals surface area contributed by atoms with Crippen molar-refractivity contribution in [1.82, 2.24) is 5.32 Å². The van der Waals surface area contributed by atoms with Gasteiger partial charge in [-0.3, -0.25) is 0 Å². The minimum absolute atomic E-state index is 0.177. The minimum atomic E-state index is -3.34. The van der Waals surface area contributed by atoms with Gasteiger partial charge < -0.3 is 15.2 Å². The highest BCUT2D eigenvalue weighted by atomic mass is 19.3. The molecular weight excluding hydrogens is 244 g/mol. The summed E-state index contributed by atoms with van der Waals surface area (Å²) in [5.41, 5.74) is 0. The molecule has 4 nitrogen and oxygen atoms in total. The first-order chi connectivity index (χ1) is 8.49. The maximum Gasteiger partial charge on any atom is 0.377 e. The second kappa shape index (κ2) is 5.48. The third-order valence-electron chi connectivity index (χ3n) is 3.70. The fourth-order valence-electron chi connectivity index (χ4n) is 2.62. The molecule has 0 aromatic rings. The van der Waals surface area contributed by atoms with E-state index in [1.165, 1.54) is 0 Å². The lowest BCUT2D eigenvalue weighted by atomic mass is 9.86. The largest absolute Gasteiger partial charge is 0.456 e. The number of esters is 1. The summed E-state index contributed by atoms with van der Waals surface area (Å²) < 4.78 is 30.4. The summed E-state index contributed by atoms with van der Waals surface area (Å²) in [5.74, 6) is -4.58. The summed E-state index contributed by atoms with van der Waals surface area (Å²) >= 11 is 0. The van der Waals surface area contributed by atoms with Gasteiger partial charge >= 0.3 is 11.9 Å². The molecule has 0 aromatic carbocycles. The van der Waals surface area contributed by atoms with Gasteiger partial charge in [0.1, 0.15) is 6.10 Å². The second-order valence-electron chi connectivity index (χ2n) is 5.21. The smallest absolute Gasteiger partial charge is 0.377 e. The molecule has 1 saturated carbocycles. The Morgan fingerprint density at radius 2 is 2.06 bits per heavy atom. The van der Waals surface area contributed by atoms with E-state index < -0.39 is 24.4 Å². The average Bonchev–Trinajstić information content (AvgIpc) is 2.55. The zero-order valence-corrected chi connectivity index (χ0v) is 10.2. The van der Waals surface area contributed by atoms with Gasteiger partial charge in [-0.2, -0.15) is 8.78 Å². The van der Waals surface area contributed by atoms with Gasteiger partial charge in [0.25, 0.3) is 0 Å². The van der Waals surface area contributed by atoms with E-state index in [0.29, 0.717) is 6.54 Å². The highest BCUT2D eigenvalue weighted by Gasteiger charge is 2.50. The molecule has 18 heavy (non-hydrogen) atoms. The molecule has 0 radical (unpaired) electrons. The Hall–Kier alpha value is -0.750. The van der Waals surface area contributed by atoms with Crippen LogP contribution < -0.4 is 5.32 Å². The molecule has 1 saturated heterocycles. The van der Waals surface area contributed by atoms with Crippen molar-refractivity contribution in [3.63, 3.8) is 0 Å². The molecule has 2 rings (SSSR count). The minimum Gasteiger partial charge on any atom is -0.456 e. The molecule has 1 heterocycles. The lowest BCUT2D eigenvalue weighted by Crippen LogP contribution is -2.37. The van der Waals surface area contributed by atoms with Crippen molar-refractivity contribution in [2.24, 2.45) is 5.92 Å². The van der Waals surface area contributed by atoms with Crippen LogP contribution in [0.3, 0.4) is 0 Å². The van der Waals surface area contributed by atoms with E-state index in [1.807, 2.05) is 0 Å². The molecule has 3 atom stereocenters. The summed E-state index contributed by atoms with van der Waals surface area (Å²) in [6, 6.07) is 0. The SMILES string of the molecule is O=C1OC(CNCC2CCCCC2O)CC1(F)F. The van der Waals surface area contributed by atoms with E-state index in [-0.39, 0.29) is 18.6 Å². The zero-order valence-electron chi connectivity index (χ0n) is 10.2. The number of hydrogen-bond donors (Lipinski definition) is 2. The summed E-state index contributed by atoms with van der Waals surface area (Å²) in [4.78, 5) is 10.8. The van der Waals surface area contributed by atoms with Crippen molar-refractivity contribution in [2.75, 3.05) is 13.1 Å². The first-order valence-corrected chi connectivity index (χ1v) is 6.47. The monoisotopic (exact) mass is 263 g/mol. The van der Waals surface area contributed by atoms with Crippen molar-refractivity contribution in [3.05, 3.63) is 0 Å². The molecule has 0 amide bonds. The molecule has 0 spiro atoms. The Labute approximate surface area is 105 Å². The summed E-state index contributed by atoms with van der Waals surface area (Å²) in [5, 5.41) is 12.8. The molecule has 1 aliphatic carbocycles. The second-order valence-corrected chi connectivity index (χ2v) is 5.21. The number of alkyl halides is 2. The van der Waals surface area contributed by atoms with Crippen molar-refractivity contribution in [2.45, 2.75) is 50.2 Å². The Balaban J connectivity index is 1.68. The van der Waals surface area contributed by atoms with Crippen LogP contribution in [-0.2, 0) is 9.53 Å². The number of aliphatic hydroxyl groups is 1. The number of rotatable bonds is 4. The van der Waals surface area contributed by atoms with E-state index in [0.717, 1.165) is 25.7 Å². The van der Waals surface area contributed by atoms with Gasteiger partial charge in [0.15, 0.2) is 0 Å². The van der Waals surface area contributed by atoms with Gasteiger partial charge in [-0.05, 0) is 18.8 Å². The molecule has 0 aromatic heterocycles. The van der Waals surface area contributed by atoms with Crippen LogP contribution >= 0.6 is 0 Å². The van der Waals surface area contributed by atoms with Gasteiger partial charge in [0, 0.05) is 13.1 Å². The lowest BCUT2D eigenvalue weighted by Gasteiger charge is -2.28. The van der Waals surface area contributed by atoms with Crippen LogP contribution in [0.4, 0.5) is 8.78 Å². The van der Waals surface area contributed by atoms with Crippen LogP contribution in [0.2, 0.25) is 0 Å². The van der Waals surface area contributed by atoms with E-state index in [9.17, 15) is 18.7 Å². The highest BCUT2D eigenvalue weighted by molar-refractivity contribution is 5.79. The Bertz CT molecular complexity index is 312. The third kappa shape index (κ3) is 3.17. The average molecular weight is 263 g/mol. The fraction of sp³-hybridized carbons (Fsp3) is 0.917. The maximum absolute atomic E-state index is 12.9. The first-order valence-electron chi connectivity index (χ1n) is 6.47. The van der Waals surface area contributed by atoms with E-state index in [1.54, 1.807) is 0 Å². The quantitative estimate of drug-likeness (QED) is 0.745. The van der Waals surface area contributed by atoms with Crippen LogP contribution in [0.15, 0.2) is 0 Å².